The molecule has 0 aromatic carbocycles. The Balaban J connectivity index is 2.13. The molecule has 0 amide bonds. The average molecular weight is 209 g/mol. The van der Waals surface area contributed by atoms with Gasteiger partial charge in [-0.15, -0.1) is 0 Å². The summed E-state index contributed by atoms with van der Waals surface area (Å²) in [4.78, 5) is 12.6. The monoisotopic (exact) mass is 209 g/mol. The number of nitrogens with zero attached hydrogens (tertiary/aromatic N) is 1. The van der Waals surface area contributed by atoms with Crippen LogP contribution in [0.25, 0.3) is 0 Å². The molecule has 1 saturated heterocycles. The zero-order valence-electron chi connectivity index (χ0n) is 9.03. The lowest BCUT2D eigenvalue weighted by molar-refractivity contribution is -0.0287. The molecule has 1 aliphatic heterocycles. The summed E-state index contributed by atoms with van der Waals surface area (Å²) >= 11 is 0. The lowest BCUT2D eigenvalue weighted by Crippen LogP contribution is -2.48. The van der Waals surface area contributed by atoms with Crippen LogP contribution in [0.4, 0.5) is 5.88 Å². The number of aldehydes is 1. The van der Waals surface area contributed by atoms with Gasteiger partial charge in [0.05, 0.1) is 12.2 Å². The molecule has 2 heterocycles. The van der Waals surface area contributed by atoms with Crippen LogP contribution in [-0.4, -0.2) is 31.6 Å². The van der Waals surface area contributed by atoms with Crippen LogP contribution in [0, 0.1) is 0 Å². The van der Waals surface area contributed by atoms with Gasteiger partial charge in [-0.3, -0.25) is 4.79 Å². The average Bonchev–Trinajstić information content (AvgIpc) is 2.64. The van der Waals surface area contributed by atoms with Gasteiger partial charge in [-0.05, 0) is 19.9 Å². The molecule has 1 fully saturated rings. The normalized spacial score (nSPS) is 20.3. The number of hydrogen-bond donors (Lipinski definition) is 0. The van der Waals surface area contributed by atoms with E-state index in [0.717, 1.165) is 25.3 Å². The molecule has 0 bridgehead atoms. The quantitative estimate of drug-likeness (QED) is 0.695. The fourth-order valence-electron chi connectivity index (χ4n) is 1.78. The van der Waals surface area contributed by atoms with Gasteiger partial charge in [0, 0.05) is 19.2 Å². The molecule has 4 nitrogen and oxygen atoms in total. The lowest BCUT2D eigenvalue weighted by Gasteiger charge is -2.37. The third-order valence-corrected chi connectivity index (χ3v) is 2.47. The molecule has 1 aromatic rings. The Bertz CT molecular complexity index is 356. The van der Waals surface area contributed by atoms with Gasteiger partial charge in [0.1, 0.15) is 0 Å². The predicted octanol–water partition coefficient (Wildman–Crippen LogP) is 1.71. The number of ether oxygens (including phenoxy) is 1. The number of furan rings is 1. The molecule has 1 aliphatic rings. The van der Waals surface area contributed by atoms with E-state index in [9.17, 15) is 4.79 Å². The third kappa shape index (κ3) is 2.21. The third-order valence-electron chi connectivity index (χ3n) is 2.47. The number of carbonyl (C=O) groups is 1. The maximum atomic E-state index is 10.5. The molecule has 15 heavy (non-hydrogen) atoms. The van der Waals surface area contributed by atoms with Crippen molar-refractivity contribution in [2.75, 3.05) is 24.6 Å². The van der Waals surface area contributed by atoms with Gasteiger partial charge in [-0.2, -0.15) is 0 Å². The Hall–Kier alpha value is -1.29. The maximum absolute atomic E-state index is 10.5. The first-order valence-electron chi connectivity index (χ1n) is 5.05. The summed E-state index contributed by atoms with van der Waals surface area (Å²) in [6.45, 7) is 6.35. The van der Waals surface area contributed by atoms with Crippen LogP contribution >= 0.6 is 0 Å². The van der Waals surface area contributed by atoms with E-state index in [-0.39, 0.29) is 5.60 Å². The second kappa shape index (κ2) is 3.70. The Morgan fingerprint density at radius 2 is 2.27 bits per heavy atom. The molecule has 82 valence electrons. The number of hydrogen-bond acceptors (Lipinski definition) is 4. The van der Waals surface area contributed by atoms with Crippen molar-refractivity contribution < 1.29 is 13.9 Å². The van der Waals surface area contributed by atoms with Crippen molar-refractivity contribution in [3.63, 3.8) is 0 Å². The second-order valence-electron chi connectivity index (χ2n) is 4.32. The van der Waals surface area contributed by atoms with Crippen LogP contribution in [0.1, 0.15) is 24.4 Å². The SMILES string of the molecule is CC1(C)CN(c2ccc(C=O)o2)CCO1. The van der Waals surface area contributed by atoms with Crippen LogP contribution in [0.2, 0.25) is 0 Å². The maximum Gasteiger partial charge on any atom is 0.196 e. The number of anilines is 1. The van der Waals surface area contributed by atoms with E-state index in [1.165, 1.54) is 0 Å². The summed E-state index contributed by atoms with van der Waals surface area (Å²) in [6.07, 6.45) is 0.717. The van der Waals surface area contributed by atoms with Crippen LogP contribution in [0.3, 0.4) is 0 Å². The Kier molecular flexibility index (Phi) is 2.52. The van der Waals surface area contributed by atoms with Crippen LogP contribution < -0.4 is 4.90 Å². The first-order valence-corrected chi connectivity index (χ1v) is 5.05. The van der Waals surface area contributed by atoms with Gasteiger partial charge in [0.2, 0.25) is 0 Å². The van der Waals surface area contributed by atoms with E-state index in [1.54, 1.807) is 6.07 Å². The molecule has 0 radical (unpaired) electrons. The van der Waals surface area contributed by atoms with Crippen molar-refractivity contribution in [1.29, 1.82) is 0 Å². The fraction of sp³-hybridized carbons (Fsp3) is 0.545. The topological polar surface area (TPSA) is 42.7 Å². The number of rotatable bonds is 2. The highest BCUT2D eigenvalue weighted by Crippen LogP contribution is 2.24. The van der Waals surface area contributed by atoms with Crippen molar-refractivity contribution in [2.45, 2.75) is 19.4 Å². The van der Waals surface area contributed by atoms with Crippen molar-refractivity contribution >= 4 is 12.2 Å². The van der Waals surface area contributed by atoms with E-state index in [0.29, 0.717) is 12.4 Å². The second-order valence-corrected chi connectivity index (χ2v) is 4.32. The zero-order valence-corrected chi connectivity index (χ0v) is 9.03. The fourth-order valence-corrected chi connectivity index (χ4v) is 1.78. The van der Waals surface area contributed by atoms with Crippen molar-refractivity contribution in [3.05, 3.63) is 17.9 Å². The molecule has 0 aliphatic carbocycles. The highest BCUT2D eigenvalue weighted by Gasteiger charge is 2.28. The summed E-state index contributed by atoms with van der Waals surface area (Å²) in [5, 5.41) is 0. The molecule has 0 N–H and O–H groups in total. The number of morpholine rings is 1. The Labute approximate surface area is 88.8 Å². The molecule has 0 spiro atoms. The van der Waals surface area contributed by atoms with E-state index in [1.807, 2.05) is 19.9 Å². The molecule has 4 heteroatoms. The smallest absolute Gasteiger partial charge is 0.196 e. The summed E-state index contributed by atoms with van der Waals surface area (Å²) in [7, 11) is 0. The molecule has 0 saturated carbocycles. The van der Waals surface area contributed by atoms with Gasteiger partial charge < -0.3 is 14.1 Å². The molecule has 0 atom stereocenters. The summed E-state index contributed by atoms with van der Waals surface area (Å²) in [5.74, 6) is 1.11. The molecular formula is C11H15NO3. The minimum absolute atomic E-state index is 0.160. The minimum Gasteiger partial charge on any atom is -0.438 e. The minimum atomic E-state index is -0.160. The largest absolute Gasteiger partial charge is 0.438 e. The predicted molar refractivity (Wildman–Crippen MR) is 56.3 cm³/mol. The van der Waals surface area contributed by atoms with Crippen molar-refractivity contribution in [1.82, 2.24) is 0 Å². The summed E-state index contributed by atoms with van der Waals surface area (Å²) in [5.41, 5.74) is -0.160. The van der Waals surface area contributed by atoms with E-state index >= 15 is 0 Å². The lowest BCUT2D eigenvalue weighted by atomic mass is 10.1. The van der Waals surface area contributed by atoms with Gasteiger partial charge in [0.25, 0.3) is 0 Å². The molecule has 0 unspecified atom stereocenters. The molecule has 2 rings (SSSR count). The Morgan fingerprint density at radius 1 is 1.47 bits per heavy atom. The van der Waals surface area contributed by atoms with Crippen LogP contribution in [0.15, 0.2) is 16.5 Å². The van der Waals surface area contributed by atoms with Gasteiger partial charge in [-0.25, -0.2) is 0 Å². The molecule has 1 aromatic heterocycles. The van der Waals surface area contributed by atoms with Crippen molar-refractivity contribution in [3.8, 4) is 0 Å². The summed E-state index contributed by atoms with van der Waals surface area (Å²) < 4.78 is 11.0. The number of carbonyl (C=O) groups excluding carboxylic acids is 1. The van der Waals surface area contributed by atoms with Gasteiger partial charge in [0.15, 0.2) is 17.9 Å². The highest BCUT2D eigenvalue weighted by molar-refractivity contribution is 5.71. The van der Waals surface area contributed by atoms with E-state index in [2.05, 4.69) is 4.90 Å². The zero-order chi connectivity index (χ0) is 10.9. The highest BCUT2D eigenvalue weighted by atomic mass is 16.5. The van der Waals surface area contributed by atoms with Crippen LogP contribution in [-0.2, 0) is 4.74 Å². The Morgan fingerprint density at radius 3 is 2.87 bits per heavy atom. The van der Waals surface area contributed by atoms with E-state index in [4.69, 9.17) is 9.15 Å². The standard InChI is InChI=1S/C11H15NO3/c1-11(2)8-12(5-6-14-11)10-4-3-9(7-13)15-10/h3-4,7H,5-6,8H2,1-2H3. The molecular weight excluding hydrogens is 194 g/mol. The van der Waals surface area contributed by atoms with Gasteiger partial charge >= 0.3 is 0 Å². The first kappa shape index (κ1) is 10.2. The van der Waals surface area contributed by atoms with Crippen molar-refractivity contribution in [2.24, 2.45) is 0 Å². The van der Waals surface area contributed by atoms with E-state index < -0.39 is 0 Å². The summed E-state index contributed by atoms with van der Waals surface area (Å²) in [6, 6.07) is 3.51. The first-order chi connectivity index (χ1) is 7.11. The van der Waals surface area contributed by atoms with Gasteiger partial charge in [-0.1, -0.05) is 0 Å². The van der Waals surface area contributed by atoms with Crippen LogP contribution in [0.5, 0.6) is 0 Å².